The van der Waals surface area contributed by atoms with Crippen LogP contribution in [0.4, 0.5) is 38.8 Å². The number of hydrogen-bond acceptors (Lipinski definition) is 8. The first-order valence-corrected chi connectivity index (χ1v) is 12.6. The molecule has 1 fully saturated rings. The van der Waals surface area contributed by atoms with Crippen molar-refractivity contribution in [2.24, 2.45) is 0 Å². The number of carbonyl (C=O) groups excluding carboxylic acids is 1. The highest BCUT2D eigenvalue weighted by molar-refractivity contribution is 5.99. The number of rotatable bonds is 8. The number of carbonyl (C=O) groups is 1. The van der Waals surface area contributed by atoms with Gasteiger partial charge < -0.3 is 25.6 Å². The van der Waals surface area contributed by atoms with Gasteiger partial charge in [-0.1, -0.05) is 18.7 Å². The maximum absolute atomic E-state index is 13.9. The standard InChI is InChI=1S/C30H26FN7O2/c1-2-28(39)35-24-10-9-20(18-32)26(17-24)29-27(34-22-6-3-5-21(31)15-22)19-33-30(37-29)36-23-7-4-8-25(16-23)38-11-13-40-14-12-38/h2-10,15-17,19,34H,1,11-14H2,(H,35,39)(H,33,36,37). The molecule has 1 aromatic heterocycles. The third kappa shape index (κ3) is 6.23. The average Bonchev–Trinajstić information content (AvgIpc) is 2.98. The van der Waals surface area contributed by atoms with Gasteiger partial charge in [0.05, 0.1) is 36.7 Å². The van der Waals surface area contributed by atoms with Crippen LogP contribution in [0.25, 0.3) is 11.3 Å². The van der Waals surface area contributed by atoms with Gasteiger partial charge >= 0.3 is 0 Å². The first-order chi connectivity index (χ1) is 19.5. The van der Waals surface area contributed by atoms with Crippen molar-refractivity contribution in [2.45, 2.75) is 0 Å². The van der Waals surface area contributed by atoms with Crippen molar-refractivity contribution in [2.75, 3.05) is 47.2 Å². The highest BCUT2D eigenvalue weighted by atomic mass is 19.1. The molecule has 0 bridgehead atoms. The van der Waals surface area contributed by atoms with Gasteiger partial charge in [-0.2, -0.15) is 5.26 Å². The summed E-state index contributed by atoms with van der Waals surface area (Å²) in [5.41, 5.74) is 4.40. The number of ether oxygens (including phenoxy) is 1. The molecule has 200 valence electrons. The monoisotopic (exact) mass is 535 g/mol. The van der Waals surface area contributed by atoms with E-state index in [-0.39, 0.29) is 5.91 Å². The molecule has 1 saturated heterocycles. The summed E-state index contributed by atoms with van der Waals surface area (Å²) in [6.45, 7) is 6.45. The number of benzene rings is 3. The number of nitrogens with one attached hydrogen (secondary N) is 3. The van der Waals surface area contributed by atoms with Gasteiger partial charge in [-0.3, -0.25) is 4.79 Å². The zero-order chi connectivity index (χ0) is 27.9. The van der Waals surface area contributed by atoms with E-state index >= 15 is 0 Å². The summed E-state index contributed by atoms with van der Waals surface area (Å²) in [6, 6.07) is 21.0. The maximum atomic E-state index is 13.9. The van der Waals surface area contributed by atoms with Crippen molar-refractivity contribution in [1.82, 2.24) is 9.97 Å². The molecule has 3 aromatic carbocycles. The van der Waals surface area contributed by atoms with Crippen LogP contribution in [0, 0.1) is 17.1 Å². The Hall–Kier alpha value is -5.27. The van der Waals surface area contributed by atoms with Crippen LogP contribution in [0.15, 0.2) is 85.6 Å². The fourth-order valence-electron chi connectivity index (χ4n) is 4.30. The summed E-state index contributed by atoms with van der Waals surface area (Å²) in [5, 5.41) is 19.0. The van der Waals surface area contributed by atoms with E-state index in [4.69, 9.17) is 9.72 Å². The van der Waals surface area contributed by atoms with Crippen LogP contribution < -0.4 is 20.9 Å². The van der Waals surface area contributed by atoms with Gasteiger partial charge in [0.15, 0.2) is 0 Å². The second kappa shape index (κ2) is 12.1. The topological polar surface area (TPSA) is 115 Å². The molecule has 3 N–H and O–H groups in total. The van der Waals surface area contributed by atoms with Crippen LogP contribution >= 0.6 is 0 Å². The number of nitriles is 1. The summed E-state index contributed by atoms with van der Waals surface area (Å²) in [6.07, 6.45) is 2.73. The van der Waals surface area contributed by atoms with E-state index in [9.17, 15) is 14.4 Å². The smallest absolute Gasteiger partial charge is 0.247 e. The van der Waals surface area contributed by atoms with E-state index in [1.54, 1.807) is 36.5 Å². The molecule has 1 amide bonds. The van der Waals surface area contributed by atoms with Crippen LogP contribution in [0.2, 0.25) is 0 Å². The molecule has 0 saturated carbocycles. The van der Waals surface area contributed by atoms with E-state index < -0.39 is 5.82 Å². The largest absolute Gasteiger partial charge is 0.378 e. The number of hydrogen-bond donors (Lipinski definition) is 3. The van der Waals surface area contributed by atoms with Crippen LogP contribution in [-0.2, 0) is 9.53 Å². The molecule has 2 heterocycles. The fourth-order valence-corrected chi connectivity index (χ4v) is 4.30. The van der Waals surface area contributed by atoms with Crippen molar-refractivity contribution in [3.8, 4) is 17.3 Å². The third-order valence-corrected chi connectivity index (χ3v) is 6.22. The van der Waals surface area contributed by atoms with Crippen molar-refractivity contribution < 1.29 is 13.9 Å². The summed E-state index contributed by atoms with van der Waals surface area (Å²) in [7, 11) is 0. The average molecular weight is 536 g/mol. The number of aromatic nitrogens is 2. The fraction of sp³-hybridized carbons (Fsp3) is 0.133. The minimum absolute atomic E-state index is 0.295. The molecule has 5 rings (SSSR count). The maximum Gasteiger partial charge on any atom is 0.247 e. The summed E-state index contributed by atoms with van der Waals surface area (Å²) in [4.78, 5) is 23.4. The molecule has 0 unspecified atom stereocenters. The minimum atomic E-state index is -0.405. The lowest BCUT2D eigenvalue weighted by Crippen LogP contribution is -2.36. The van der Waals surface area contributed by atoms with Gasteiger partial charge in [-0.15, -0.1) is 0 Å². The Morgan fingerprint density at radius 3 is 2.55 bits per heavy atom. The lowest BCUT2D eigenvalue weighted by atomic mass is 10.0. The van der Waals surface area contributed by atoms with Crippen LogP contribution in [0.5, 0.6) is 0 Å². The zero-order valence-corrected chi connectivity index (χ0v) is 21.5. The lowest BCUT2D eigenvalue weighted by molar-refractivity contribution is -0.111. The van der Waals surface area contributed by atoms with Crippen LogP contribution in [-0.4, -0.2) is 42.2 Å². The SMILES string of the molecule is C=CC(=O)Nc1ccc(C#N)c(-c2nc(Nc3cccc(N4CCOCC4)c3)ncc2Nc2cccc(F)c2)c1. The first kappa shape index (κ1) is 26.3. The highest BCUT2D eigenvalue weighted by Gasteiger charge is 2.17. The van der Waals surface area contributed by atoms with E-state index in [2.05, 4.69) is 38.5 Å². The predicted octanol–water partition coefficient (Wildman–Crippen LogP) is 5.60. The van der Waals surface area contributed by atoms with Crippen molar-refractivity contribution >= 4 is 40.3 Å². The predicted molar refractivity (Wildman–Crippen MR) is 153 cm³/mol. The molecule has 10 heteroatoms. The molecule has 0 atom stereocenters. The zero-order valence-electron chi connectivity index (χ0n) is 21.5. The van der Waals surface area contributed by atoms with Gasteiger partial charge in [0, 0.05) is 41.4 Å². The van der Waals surface area contributed by atoms with Crippen LogP contribution in [0.1, 0.15) is 5.56 Å². The lowest BCUT2D eigenvalue weighted by Gasteiger charge is -2.29. The second-order valence-electron chi connectivity index (χ2n) is 8.93. The number of morpholine rings is 1. The van der Waals surface area contributed by atoms with Crippen molar-refractivity contribution in [1.29, 1.82) is 5.26 Å². The van der Waals surface area contributed by atoms with Gasteiger partial charge in [-0.25, -0.2) is 14.4 Å². The normalized spacial score (nSPS) is 12.8. The van der Waals surface area contributed by atoms with Crippen LogP contribution in [0.3, 0.4) is 0 Å². The third-order valence-electron chi connectivity index (χ3n) is 6.22. The Morgan fingerprint density at radius 2 is 1.80 bits per heavy atom. The molecule has 9 nitrogen and oxygen atoms in total. The summed E-state index contributed by atoms with van der Waals surface area (Å²) < 4.78 is 19.4. The molecule has 0 aliphatic carbocycles. The molecule has 1 aliphatic heterocycles. The van der Waals surface area contributed by atoms with Gasteiger partial charge in [0.25, 0.3) is 0 Å². The quantitative estimate of drug-likeness (QED) is 0.250. The Morgan fingerprint density at radius 1 is 1.02 bits per heavy atom. The number of halogens is 1. The Labute approximate surface area is 231 Å². The number of nitrogens with zero attached hydrogens (tertiary/aromatic N) is 4. The summed E-state index contributed by atoms with van der Waals surface area (Å²) in [5.74, 6) is -0.500. The van der Waals surface area contributed by atoms with Crippen molar-refractivity contribution in [3.63, 3.8) is 0 Å². The van der Waals surface area contributed by atoms with E-state index in [1.165, 1.54) is 12.1 Å². The first-order valence-electron chi connectivity index (χ1n) is 12.6. The molecule has 0 spiro atoms. The van der Waals surface area contributed by atoms with E-state index in [0.717, 1.165) is 30.5 Å². The number of amides is 1. The molecule has 40 heavy (non-hydrogen) atoms. The Bertz CT molecular complexity index is 1600. The molecular weight excluding hydrogens is 509 g/mol. The van der Waals surface area contributed by atoms with Gasteiger partial charge in [0.1, 0.15) is 11.5 Å². The molecule has 0 radical (unpaired) electrons. The Balaban J connectivity index is 1.54. The second-order valence-corrected chi connectivity index (χ2v) is 8.93. The molecule has 1 aliphatic rings. The van der Waals surface area contributed by atoms with E-state index in [1.807, 2.05) is 24.3 Å². The molecular formula is C30H26FN7O2. The minimum Gasteiger partial charge on any atom is -0.378 e. The van der Waals surface area contributed by atoms with Gasteiger partial charge in [-0.05, 0) is 60.7 Å². The van der Waals surface area contributed by atoms with Crippen molar-refractivity contribution in [3.05, 3.63) is 97.0 Å². The molecule has 4 aromatic rings. The van der Waals surface area contributed by atoms with Gasteiger partial charge in [0.2, 0.25) is 11.9 Å². The Kier molecular flexibility index (Phi) is 7.94. The van der Waals surface area contributed by atoms with E-state index in [0.29, 0.717) is 53.0 Å². The number of anilines is 6. The summed E-state index contributed by atoms with van der Waals surface area (Å²) >= 11 is 0. The highest BCUT2D eigenvalue weighted by Crippen LogP contribution is 2.34.